The van der Waals surface area contributed by atoms with E-state index in [1.165, 1.54) is 0 Å². The largest absolute Gasteiger partial charge is 0.376 e. The van der Waals surface area contributed by atoms with Crippen LogP contribution in [0.3, 0.4) is 0 Å². The van der Waals surface area contributed by atoms with Gasteiger partial charge in [-0.3, -0.25) is 4.79 Å². The van der Waals surface area contributed by atoms with Crippen LogP contribution in [0.1, 0.15) is 26.7 Å². The van der Waals surface area contributed by atoms with Crippen molar-refractivity contribution in [3.8, 4) is 0 Å². The minimum atomic E-state index is -0.710. The average Bonchev–Trinajstić information content (AvgIpc) is 2.12. The molecule has 0 spiro atoms. The minimum Gasteiger partial charge on any atom is -0.376 e. The summed E-state index contributed by atoms with van der Waals surface area (Å²) in [5.74, 6) is -0.525. The summed E-state index contributed by atoms with van der Waals surface area (Å²) in [5.41, 5.74) is 10.5. The van der Waals surface area contributed by atoms with Crippen LogP contribution >= 0.6 is 0 Å². The fraction of sp³-hybridized carbons (Fsp3) is 0.900. The lowest BCUT2D eigenvalue weighted by molar-refractivity contribution is -0.124. The van der Waals surface area contributed by atoms with E-state index in [0.29, 0.717) is 0 Å². The first kappa shape index (κ1) is 12.4. The number of primary amides is 1. The topological polar surface area (TPSA) is 87.6 Å². The molecule has 1 saturated heterocycles. The Balaban J connectivity index is 2.29. The lowest BCUT2D eigenvalue weighted by atomic mass is 10.0. The normalized spacial score (nSPS) is 33.7. The zero-order chi connectivity index (χ0) is 11.4. The maximum absolute atomic E-state index is 10.7. The van der Waals surface area contributed by atoms with Gasteiger partial charge in [-0.15, -0.1) is 0 Å². The Labute approximate surface area is 90.1 Å². The van der Waals surface area contributed by atoms with Crippen LogP contribution in [0.25, 0.3) is 0 Å². The van der Waals surface area contributed by atoms with Crippen LogP contribution in [0.2, 0.25) is 0 Å². The monoisotopic (exact) mass is 216 g/mol. The summed E-state index contributed by atoms with van der Waals surface area (Å²) in [4.78, 5) is 10.7. The second-order valence-corrected chi connectivity index (χ2v) is 4.19. The predicted octanol–water partition coefficient (Wildman–Crippen LogP) is -0.228. The van der Waals surface area contributed by atoms with Crippen molar-refractivity contribution in [1.29, 1.82) is 0 Å². The summed E-state index contributed by atoms with van der Waals surface area (Å²) in [6, 6.07) is -0.710. The molecule has 5 nitrogen and oxygen atoms in total. The van der Waals surface area contributed by atoms with Crippen molar-refractivity contribution in [3.05, 3.63) is 0 Å². The maximum Gasteiger partial charge on any atom is 0.236 e. The van der Waals surface area contributed by atoms with Gasteiger partial charge in [0, 0.05) is 0 Å². The molecule has 1 amide bonds. The molecule has 1 aliphatic heterocycles. The molecule has 5 heteroatoms. The summed E-state index contributed by atoms with van der Waals surface area (Å²) >= 11 is 0. The van der Waals surface area contributed by atoms with Gasteiger partial charge >= 0.3 is 0 Å². The maximum atomic E-state index is 10.7. The molecular weight excluding hydrogens is 196 g/mol. The third kappa shape index (κ3) is 4.15. The van der Waals surface area contributed by atoms with Gasteiger partial charge in [0.2, 0.25) is 5.91 Å². The second kappa shape index (κ2) is 5.44. The van der Waals surface area contributed by atoms with Crippen molar-refractivity contribution < 1.29 is 14.3 Å². The van der Waals surface area contributed by atoms with E-state index in [9.17, 15) is 4.79 Å². The van der Waals surface area contributed by atoms with Gasteiger partial charge in [0.15, 0.2) is 0 Å². The first-order valence-corrected chi connectivity index (χ1v) is 5.31. The van der Waals surface area contributed by atoms with E-state index < -0.39 is 11.9 Å². The molecule has 3 unspecified atom stereocenters. The van der Waals surface area contributed by atoms with Gasteiger partial charge in [-0.25, -0.2) is 0 Å². The second-order valence-electron chi connectivity index (χ2n) is 4.19. The average molecular weight is 216 g/mol. The summed E-state index contributed by atoms with van der Waals surface area (Å²) in [6.07, 6.45) is 2.20. The van der Waals surface area contributed by atoms with E-state index in [4.69, 9.17) is 20.9 Å². The third-order valence-corrected chi connectivity index (χ3v) is 2.53. The highest BCUT2D eigenvalue weighted by Gasteiger charge is 2.25. The van der Waals surface area contributed by atoms with Gasteiger partial charge in [0.05, 0.1) is 24.9 Å². The molecule has 1 rings (SSSR count). The number of ether oxygens (including phenoxy) is 2. The minimum absolute atomic E-state index is 0.120. The van der Waals surface area contributed by atoms with Crippen molar-refractivity contribution in [3.63, 3.8) is 0 Å². The van der Waals surface area contributed by atoms with Crippen LogP contribution in [0.15, 0.2) is 0 Å². The number of hydrogen-bond acceptors (Lipinski definition) is 4. The quantitative estimate of drug-likeness (QED) is 0.679. The Hall–Kier alpha value is -0.650. The van der Waals surface area contributed by atoms with Crippen LogP contribution in [0.4, 0.5) is 0 Å². The molecule has 0 saturated carbocycles. The fourth-order valence-corrected chi connectivity index (χ4v) is 1.80. The number of amides is 1. The van der Waals surface area contributed by atoms with E-state index in [1.54, 1.807) is 0 Å². The Bertz CT molecular complexity index is 213. The molecule has 0 aromatic rings. The van der Waals surface area contributed by atoms with E-state index in [-0.39, 0.29) is 24.9 Å². The SMILES string of the molecule is CC1CC(OCC(N)C(N)=O)CC(C)O1. The lowest BCUT2D eigenvalue weighted by Gasteiger charge is -2.32. The van der Waals surface area contributed by atoms with Crippen molar-refractivity contribution in [2.75, 3.05) is 6.61 Å². The van der Waals surface area contributed by atoms with Gasteiger partial charge in [0.25, 0.3) is 0 Å². The molecular formula is C10H20N2O3. The van der Waals surface area contributed by atoms with Crippen LogP contribution in [-0.4, -0.2) is 36.9 Å². The first-order chi connectivity index (χ1) is 6.99. The van der Waals surface area contributed by atoms with Gasteiger partial charge in [0.1, 0.15) is 6.04 Å². The number of nitrogens with two attached hydrogens (primary N) is 2. The zero-order valence-electron chi connectivity index (χ0n) is 9.31. The highest BCUT2D eigenvalue weighted by Crippen LogP contribution is 2.21. The molecule has 0 radical (unpaired) electrons. The van der Waals surface area contributed by atoms with Crippen molar-refractivity contribution in [2.24, 2.45) is 11.5 Å². The first-order valence-electron chi connectivity index (χ1n) is 5.31. The number of hydrogen-bond donors (Lipinski definition) is 2. The molecule has 88 valence electrons. The molecule has 0 aromatic carbocycles. The van der Waals surface area contributed by atoms with Gasteiger partial charge in [-0.1, -0.05) is 0 Å². The van der Waals surface area contributed by atoms with E-state index in [2.05, 4.69) is 0 Å². The van der Waals surface area contributed by atoms with E-state index in [0.717, 1.165) is 12.8 Å². The van der Waals surface area contributed by atoms with Crippen LogP contribution < -0.4 is 11.5 Å². The van der Waals surface area contributed by atoms with Crippen molar-refractivity contribution in [2.45, 2.75) is 51.0 Å². The number of carbonyl (C=O) groups excluding carboxylic acids is 1. The molecule has 0 aromatic heterocycles. The van der Waals surface area contributed by atoms with Crippen molar-refractivity contribution >= 4 is 5.91 Å². The third-order valence-electron chi connectivity index (χ3n) is 2.53. The standard InChI is InChI=1S/C10H20N2O3/c1-6-3-8(4-7(2)15-6)14-5-9(11)10(12)13/h6-9H,3-5,11H2,1-2H3,(H2,12,13). The Morgan fingerprint density at radius 2 is 2.00 bits per heavy atom. The zero-order valence-corrected chi connectivity index (χ0v) is 9.31. The fourth-order valence-electron chi connectivity index (χ4n) is 1.80. The van der Waals surface area contributed by atoms with Crippen LogP contribution in [0, 0.1) is 0 Å². The van der Waals surface area contributed by atoms with Crippen LogP contribution in [-0.2, 0) is 14.3 Å². The van der Waals surface area contributed by atoms with Crippen LogP contribution in [0.5, 0.6) is 0 Å². The highest BCUT2D eigenvalue weighted by atomic mass is 16.5. The van der Waals surface area contributed by atoms with Gasteiger partial charge < -0.3 is 20.9 Å². The summed E-state index contributed by atoms with van der Waals surface area (Å²) in [7, 11) is 0. The molecule has 0 aliphatic carbocycles. The molecule has 1 heterocycles. The smallest absolute Gasteiger partial charge is 0.236 e. The molecule has 15 heavy (non-hydrogen) atoms. The lowest BCUT2D eigenvalue weighted by Crippen LogP contribution is -2.43. The number of rotatable bonds is 4. The molecule has 0 bridgehead atoms. The Kier molecular flexibility index (Phi) is 4.50. The summed E-state index contributed by atoms with van der Waals surface area (Å²) in [5, 5.41) is 0. The number of carbonyl (C=O) groups is 1. The van der Waals surface area contributed by atoms with Gasteiger partial charge in [-0.05, 0) is 26.7 Å². The molecule has 1 fully saturated rings. The Morgan fingerprint density at radius 1 is 1.47 bits per heavy atom. The molecule has 4 N–H and O–H groups in total. The predicted molar refractivity (Wildman–Crippen MR) is 56.2 cm³/mol. The highest BCUT2D eigenvalue weighted by molar-refractivity contribution is 5.79. The molecule has 3 atom stereocenters. The summed E-state index contributed by atoms with van der Waals surface area (Å²) in [6.45, 7) is 4.22. The van der Waals surface area contributed by atoms with Crippen molar-refractivity contribution in [1.82, 2.24) is 0 Å². The Morgan fingerprint density at radius 3 is 2.47 bits per heavy atom. The van der Waals surface area contributed by atoms with E-state index >= 15 is 0 Å². The van der Waals surface area contributed by atoms with E-state index in [1.807, 2.05) is 13.8 Å². The summed E-state index contributed by atoms with van der Waals surface area (Å²) < 4.78 is 11.1. The van der Waals surface area contributed by atoms with Gasteiger partial charge in [-0.2, -0.15) is 0 Å². The molecule has 1 aliphatic rings.